The average Bonchev–Trinajstić information content (AvgIpc) is 2.79. The van der Waals surface area contributed by atoms with Crippen LogP contribution in [0.25, 0.3) is 22.1 Å². The summed E-state index contributed by atoms with van der Waals surface area (Å²) in [6.07, 6.45) is 1.70. The maximum atomic E-state index is 9.82. The first-order valence-electron chi connectivity index (χ1n) is 5.93. The van der Waals surface area contributed by atoms with Crippen molar-refractivity contribution in [3.63, 3.8) is 0 Å². The van der Waals surface area contributed by atoms with E-state index in [2.05, 4.69) is 19.1 Å². The smallest absolute Gasteiger partial charge is 0.141 e. The minimum absolute atomic E-state index is 0.314. The summed E-state index contributed by atoms with van der Waals surface area (Å²) < 4.78 is 5.55. The van der Waals surface area contributed by atoms with Gasteiger partial charge in [-0.15, -0.1) is 0 Å². The van der Waals surface area contributed by atoms with Crippen molar-refractivity contribution in [3.8, 4) is 16.9 Å². The van der Waals surface area contributed by atoms with Gasteiger partial charge < -0.3 is 9.52 Å². The van der Waals surface area contributed by atoms with Crippen LogP contribution in [0.5, 0.6) is 5.75 Å². The number of aryl methyl sites for hydroxylation is 2. The summed E-state index contributed by atoms with van der Waals surface area (Å²) in [5.41, 5.74) is 4.91. The molecule has 0 aliphatic carbocycles. The molecule has 0 fully saturated rings. The maximum Gasteiger partial charge on any atom is 0.141 e. The van der Waals surface area contributed by atoms with Gasteiger partial charge in [-0.2, -0.15) is 0 Å². The fraction of sp³-hybridized carbons (Fsp3) is 0.125. The predicted octanol–water partition coefficient (Wildman–Crippen LogP) is 4.42. The molecule has 2 aromatic carbocycles. The Morgan fingerprint density at radius 1 is 1.00 bits per heavy atom. The van der Waals surface area contributed by atoms with Gasteiger partial charge in [-0.25, -0.2) is 0 Å². The van der Waals surface area contributed by atoms with Crippen molar-refractivity contribution in [2.75, 3.05) is 0 Å². The number of hydrogen-bond donors (Lipinski definition) is 1. The Morgan fingerprint density at radius 3 is 2.61 bits per heavy atom. The monoisotopic (exact) mass is 238 g/mol. The summed E-state index contributed by atoms with van der Waals surface area (Å²) >= 11 is 0. The molecule has 0 aliphatic rings. The van der Waals surface area contributed by atoms with E-state index >= 15 is 0 Å². The third-order valence-corrected chi connectivity index (χ3v) is 3.22. The maximum absolute atomic E-state index is 9.82. The van der Waals surface area contributed by atoms with Crippen LogP contribution < -0.4 is 0 Å². The van der Waals surface area contributed by atoms with E-state index in [0.29, 0.717) is 5.75 Å². The Morgan fingerprint density at radius 2 is 1.83 bits per heavy atom. The summed E-state index contributed by atoms with van der Waals surface area (Å²) in [6, 6.07) is 11.8. The largest absolute Gasteiger partial charge is 0.508 e. The van der Waals surface area contributed by atoms with E-state index in [1.54, 1.807) is 12.3 Å². The molecule has 3 aromatic rings. The molecule has 2 nitrogen and oxygen atoms in total. The third-order valence-electron chi connectivity index (χ3n) is 3.22. The molecule has 0 radical (unpaired) electrons. The lowest BCUT2D eigenvalue weighted by Gasteiger charge is -2.06. The van der Waals surface area contributed by atoms with Gasteiger partial charge in [0.05, 0.1) is 6.26 Å². The standard InChI is InChI=1S/C16H14O2/c1-10-7-13-5-6-18-16(13)14(8-10)12-4-3-11(2)15(17)9-12/h3-9,17H,1-2H3. The van der Waals surface area contributed by atoms with Crippen LogP contribution >= 0.6 is 0 Å². The van der Waals surface area contributed by atoms with Gasteiger partial charge in [0.2, 0.25) is 0 Å². The number of aromatic hydroxyl groups is 1. The number of benzene rings is 2. The topological polar surface area (TPSA) is 33.4 Å². The zero-order valence-electron chi connectivity index (χ0n) is 10.4. The Balaban J connectivity index is 2.30. The van der Waals surface area contributed by atoms with Crippen LogP contribution in [-0.2, 0) is 0 Å². The zero-order valence-corrected chi connectivity index (χ0v) is 10.4. The van der Waals surface area contributed by atoms with Crippen molar-refractivity contribution >= 4 is 11.0 Å². The number of rotatable bonds is 1. The van der Waals surface area contributed by atoms with Crippen LogP contribution in [0.3, 0.4) is 0 Å². The van der Waals surface area contributed by atoms with Crippen molar-refractivity contribution < 1.29 is 9.52 Å². The van der Waals surface area contributed by atoms with Gasteiger partial charge >= 0.3 is 0 Å². The molecule has 0 spiro atoms. The second-order valence-corrected chi connectivity index (χ2v) is 4.65. The van der Waals surface area contributed by atoms with Gasteiger partial charge in [0.25, 0.3) is 0 Å². The lowest BCUT2D eigenvalue weighted by molar-refractivity contribution is 0.471. The van der Waals surface area contributed by atoms with Crippen LogP contribution in [-0.4, -0.2) is 5.11 Å². The quantitative estimate of drug-likeness (QED) is 0.680. The van der Waals surface area contributed by atoms with E-state index < -0.39 is 0 Å². The summed E-state index contributed by atoms with van der Waals surface area (Å²) in [7, 11) is 0. The molecule has 1 heterocycles. The van der Waals surface area contributed by atoms with Crippen molar-refractivity contribution in [2.45, 2.75) is 13.8 Å². The molecule has 3 rings (SSSR count). The molecule has 18 heavy (non-hydrogen) atoms. The fourth-order valence-electron chi connectivity index (χ4n) is 2.22. The first-order chi connectivity index (χ1) is 8.65. The first kappa shape index (κ1) is 10.9. The van der Waals surface area contributed by atoms with Gasteiger partial charge in [0.15, 0.2) is 0 Å². The second-order valence-electron chi connectivity index (χ2n) is 4.65. The molecule has 0 bridgehead atoms. The highest BCUT2D eigenvalue weighted by Gasteiger charge is 2.09. The van der Waals surface area contributed by atoms with Crippen LogP contribution in [0.2, 0.25) is 0 Å². The molecule has 0 saturated heterocycles. The van der Waals surface area contributed by atoms with Crippen molar-refractivity contribution in [2.24, 2.45) is 0 Å². The van der Waals surface area contributed by atoms with E-state index in [-0.39, 0.29) is 0 Å². The highest BCUT2D eigenvalue weighted by atomic mass is 16.3. The number of phenols is 1. The Bertz CT molecular complexity index is 723. The number of furan rings is 1. The van der Waals surface area contributed by atoms with Gasteiger partial charge in [0, 0.05) is 10.9 Å². The lowest BCUT2D eigenvalue weighted by atomic mass is 9.99. The van der Waals surface area contributed by atoms with Crippen molar-refractivity contribution in [1.82, 2.24) is 0 Å². The molecule has 1 N–H and O–H groups in total. The van der Waals surface area contributed by atoms with Gasteiger partial charge in [-0.3, -0.25) is 0 Å². The highest BCUT2D eigenvalue weighted by molar-refractivity contribution is 5.93. The van der Waals surface area contributed by atoms with Crippen molar-refractivity contribution in [1.29, 1.82) is 0 Å². The minimum Gasteiger partial charge on any atom is -0.508 e. The average molecular weight is 238 g/mol. The van der Waals surface area contributed by atoms with Gasteiger partial charge in [-0.1, -0.05) is 12.1 Å². The van der Waals surface area contributed by atoms with Crippen molar-refractivity contribution in [3.05, 3.63) is 53.8 Å². The summed E-state index contributed by atoms with van der Waals surface area (Å²) in [4.78, 5) is 0. The van der Waals surface area contributed by atoms with E-state index in [0.717, 1.165) is 27.7 Å². The van der Waals surface area contributed by atoms with Crippen LogP contribution in [0.4, 0.5) is 0 Å². The Hall–Kier alpha value is -2.22. The molecule has 2 heteroatoms. The van der Waals surface area contributed by atoms with E-state index in [1.165, 1.54) is 5.56 Å². The van der Waals surface area contributed by atoms with E-state index in [9.17, 15) is 5.11 Å². The van der Waals surface area contributed by atoms with Crippen LogP contribution in [0.15, 0.2) is 47.1 Å². The second kappa shape index (κ2) is 3.91. The molecule has 1 aromatic heterocycles. The summed E-state index contributed by atoms with van der Waals surface area (Å²) in [5, 5.41) is 10.9. The SMILES string of the molecule is Cc1cc(-c2ccc(C)c(O)c2)c2occc2c1. The molecule has 0 unspecified atom stereocenters. The number of hydrogen-bond acceptors (Lipinski definition) is 2. The number of fused-ring (bicyclic) bond motifs is 1. The fourth-order valence-corrected chi connectivity index (χ4v) is 2.22. The molecule has 0 atom stereocenters. The first-order valence-corrected chi connectivity index (χ1v) is 5.93. The molecule has 90 valence electrons. The highest BCUT2D eigenvalue weighted by Crippen LogP contribution is 2.33. The summed E-state index contributed by atoms with van der Waals surface area (Å²) in [6.45, 7) is 3.95. The zero-order chi connectivity index (χ0) is 12.7. The van der Waals surface area contributed by atoms with Crippen LogP contribution in [0.1, 0.15) is 11.1 Å². The Kier molecular flexibility index (Phi) is 2.37. The molecule has 0 aliphatic heterocycles. The molecular formula is C16H14O2. The Labute approximate surface area is 105 Å². The normalized spacial score (nSPS) is 11.0. The minimum atomic E-state index is 0.314. The number of phenolic OH excluding ortho intramolecular Hbond substituents is 1. The summed E-state index contributed by atoms with van der Waals surface area (Å²) in [5.74, 6) is 0.314. The predicted molar refractivity (Wildman–Crippen MR) is 72.8 cm³/mol. The molecule has 0 saturated carbocycles. The van der Waals surface area contributed by atoms with Crippen LogP contribution in [0, 0.1) is 13.8 Å². The van der Waals surface area contributed by atoms with Gasteiger partial charge in [0.1, 0.15) is 11.3 Å². The molecular weight excluding hydrogens is 224 g/mol. The lowest BCUT2D eigenvalue weighted by Crippen LogP contribution is -1.83. The third kappa shape index (κ3) is 1.66. The molecule has 0 amide bonds. The van der Waals surface area contributed by atoms with E-state index in [1.807, 2.05) is 25.1 Å². The van der Waals surface area contributed by atoms with Gasteiger partial charge in [-0.05, 0) is 54.8 Å². The van der Waals surface area contributed by atoms with E-state index in [4.69, 9.17) is 4.42 Å².